The van der Waals surface area contributed by atoms with Gasteiger partial charge >= 0.3 is 18.2 Å². The van der Waals surface area contributed by atoms with Crippen LogP contribution in [-0.4, -0.2) is 69.6 Å². The fourth-order valence-corrected chi connectivity index (χ4v) is 4.31. The van der Waals surface area contributed by atoms with Gasteiger partial charge in [-0.05, 0) is 85.1 Å². The summed E-state index contributed by atoms with van der Waals surface area (Å²) in [6, 6.07) is 4.00. The number of nitrogens with one attached hydrogen (secondary N) is 2. The zero-order valence-electron chi connectivity index (χ0n) is 24.0. The van der Waals surface area contributed by atoms with Crippen molar-refractivity contribution in [2.75, 3.05) is 25.0 Å². The van der Waals surface area contributed by atoms with Crippen molar-refractivity contribution >= 4 is 23.9 Å². The lowest BCUT2D eigenvalue weighted by Crippen LogP contribution is -2.54. The second-order valence-electron chi connectivity index (χ2n) is 11.2. The van der Waals surface area contributed by atoms with Gasteiger partial charge in [0.25, 0.3) is 0 Å². The molecule has 0 bridgehead atoms. The average Bonchev–Trinajstić information content (AvgIpc) is 3.24. The number of carbonyl (C=O) groups is 2. The van der Waals surface area contributed by atoms with Gasteiger partial charge in [0.1, 0.15) is 11.6 Å². The molecule has 0 spiro atoms. The van der Waals surface area contributed by atoms with Gasteiger partial charge < -0.3 is 29.4 Å². The first-order chi connectivity index (χ1) is 17.7. The highest BCUT2D eigenvalue weighted by Crippen LogP contribution is 2.27. The van der Waals surface area contributed by atoms with Gasteiger partial charge in [0, 0.05) is 37.9 Å². The van der Waals surface area contributed by atoms with Crippen molar-refractivity contribution in [3.8, 4) is 0 Å². The van der Waals surface area contributed by atoms with Gasteiger partial charge in [-0.1, -0.05) is 11.2 Å². The predicted octanol–water partition coefficient (Wildman–Crippen LogP) is 5.07. The molecule has 1 unspecified atom stereocenters. The van der Waals surface area contributed by atoms with Crippen LogP contribution in [0.5, 0.6) is 0 Å². The number of hydrogen-bond donors (Lipinski definition) is 2. The Labute approximate surface area is 225 Å². The molecule has 38 heavy (non-hydrogen) atoms. The van der Waals surface area contributed by atoms with Crippen molar-refractivity contribution in [1.82, 2.24) is 25.3 Å². The lowest BCUT2D eigenvalue weighted by atomic mass is 10.0. The molecular weight excluding hydrogens is 488 g/mol. The summed E-state index contributed by atoms with van der Waals surface area (Å²) < 4.78 is 16.5. The molecule has 1 saturated heterocycles. The summed E-state index contributed by atoms with van der Waals surface area (Å²) in [6.45, 7) is 19.9. The van der Waals surface area contributed by atoms with Crippen molar-refractivity contribution in [3.05, 3.63) is 34.7 Å². The molecule has 0 aliphatic carbocycles. The van der Waals surface area contributed by atoms with Gasteiger partial charge in [0.05, 0.1) is 6.10 Å². The number of aryl methyl sites for hydroxylation is 1. The summed E-state index contributed by atoms with van der Waals surface area (Å²) in [6.07, 6.45) is -0.934. The number of alkyl carbamates (subject to hydrolysis) is 1. The quantitative estimate of drug-likeness (QED) is 0.505. The predicted molar refractivity (Wildman–Crippen MR) is 144 cm³/mol. The van der Waals surface area contributed by atoms with E-state index in [0.29, 0.717) is 6.54 Å². The van der Waals surface area contributed by atoms with Gasteiger partial charge in [-0.2, -0.15) is 0 Å². The maximum atomic E-state index is 12.4. The topological polar surface area (TPSA) is 122 Å². The summed E-state index contributed by atoms with van der Waals surface area (Å²) in [7, 11) is 0. The van der Waals surface area contributed by atoms with E-state index >= 15 is 0 Å². The Bertz CT molecular complexity index is 1130. The van der Waals surface area contributed by atoms with E-state index in [4.69, 9.17) is 13.9 Å². The van der Waals surface area contributed by atoms with Gasteiger partial charge in [-0.15, -0.1) is 5.10 Å². The molecule has 1 aliphatic rings. The number of ether oxygens (including phenoxy) is 2. The maximum absolute atomic E-state index is 12.4. The van der Waals surface area contributed by atoms with Gasteiger partial charge in [-0.3, -0.25) is 4.90 Å². The minimum absolute atomic E-state index is 0.0609. The Morgan fingerprint density at radius 1 is 1.16 bits per heavy atom. The number of amides is 2. The Hall–Kier alpha value is -3.34. The van der Waals surface area contributed by atoms with Crippen LogP contribution in [0.25, 0.3) is 0 Å². The lowest BCUT2D eigenvalue weighted by Gasteiger charge is -2.39. The highest BCUT2D eigenvalue weighted by atomic mass is 16.6. The number of anilines is 2. The van der Waals surface area contributed by atoms with Crippen LogP contribution < -0.4 is 10.6 Å². The largest absolute Gasteiger partial charge is 0.447 e. The minimum atomic E-state index is -0.600. The molecule has 1 aliphatic heterocycles. The van der Waals surface area contributed by atoms with Crippen LogP contribution in [0.4, 0.5) is 21.3 Å². The molecule has 11 nitrogen and oxygen atoms in total. The fourth-order valence-electron chi connectivity index (χ4n) is 4.31. The first-order valence-corrected chi connectivity index (χ1v) is 13.1. The minimum Gasteiger partial charge on any atom is -0.447 e. The molecule has 2 heterocycles. The third kappa shape index (κ3) is 8.08. The number of aromatic nitrogens is 2. The first kappa shape index (κ1) is 29.2. The van der Waals surface area contributed by atoms with E-state index in [2.05, 4.69) is 45.6 Å². The van der Waals surface area contributed by atoms with Crippen LogP contribution in [0.1, 0.15) is 77.1 Å². The van der Waals surface area contributed by atoms with E-state index in [-0.39, 0.29) is 30.1 Å². The molecule has 2 N–H and O–H groups in total. The van der Waals surface area contributed by atoms with Crippen LogP contribution in [0.2, 0.25) is 0 Å². The number of carbonyl (C=O) groups excluding carboxylic acids is 2. The Kier molecular flexibility index (Phi) is 9.24. The van der Waals surface area contributed by atoms with Crippen molar-refractivity contribution < 1.29 is 23.5 Å². The van der Waals surface area contributed by atoms with E-state index in [9.17, 15) is 9.59 Å². The van der Waals surface area contributed by atoms with Crippen LogP contribution in [0.15, 0.2) is 16.5 Å². The van der Waals surface area contributed by atoms with Crippen molar-refractivity contribution in [3.63, 3.8) is 0 Å². The van der Waals surface area contributed by atoms with E-state index in [1.54, 1.807) is 32.6 Å². The molecule has 0 saturated carbocycles. The smallest absolute Gasteiger partial charge is 0.410 e. The van der Waals surface area contributed by atoms with Gasteiger partial charge in [-0.25, -0.2) is 9.59 Å². The van der Waals surface area contributed by atoms with E-state index in [0.717, 1.165) is 36.4 Å². The Balaban J connectivity index is 1.64. The molecule has 1 fully saturated rings. The molecule has 1 aromatic heterocycles. The number of rotatable bonds is 7. The molecule has 1 aromatic carbocycles. The van der Waals surface area contributed by atoms with Crippen molar-refractivity contribution in [1.29, 1.82) is 0 Å². The first-order valence-electron chi connectivity index (χ1n) is 13.1. The number of hydrogen-bond acceptors (Lipinski definition) is 9. The van der Waals surface area contributed by atoms with E-state index < -0.39 is 17.7 Å². The number of nitrogens with zero attached hydrogens (tertiary/aromatic N) is 4. The number of benzene rings is 1. The SMILES string of the molecule is Cc1cc(CN2CCN(C(=O)OC(C)C)[C@@H](C)C2)c(C)c(Nc2nnc(C(C)NC(=O)OC(C)(C)C)o2)c1. The fraction of sp³-hybridized carbons (Fsp3) is 0.630. The third-order valence-electron chi connectivity index (χ3n) is 6.12. The molecule has 210 valence electrons. The highest BCUT2D eigenvalue weighted by molar-refractivity contribution is 5.68. The van der Waals surface area contributed by atoms with Gasteiger partial charge in [0.15, 0.2) is 0 Å². The zero-order chi connectivity index (χ0) is 28.2. The van der Waals surface area contributed by atoms with Crippen molar-refractivity contribution in [2.24, 2.45) is 0 Å². The van der Waals surface area contributed by atoms with Crippen LogP contribution >= 0.6 is 0 Å². The lowest BCUT2D eigenvalue weighted by molar-refractivity contribution is 0.0348. The second-order valence-corrected chi connectivity index (χ2v) is 11.2. The number of piperazine rings is 1. The Morgan fingerprint density at radius 2 is 1.87 bits per heavy atom. The third-order valence-corrected chi connectivity index (χ3v) is 6.12. The highest BCUT2D eigenvalue weighted by Gasteiger charge is 2.29. The normalized spacial score (nSPS) is 17.3. The van der Waals surface area contributed by atoms with Gasteiger partial charge in [0.2, 0.25) is 5.89 Å². The molecule has 0 radical (unpaired) electrons. The standard InChI is InChI=1S/C27H42N6O5/c1-16(2)36-26(35)33-11-10-32(14-18(33)4)15-21-12-17(3)13-22(19(21)5)29-24-31-30-23(37-24)20(6)28-25(34)38-27(7,8)9/h12-13,16,18,20H,10-11,14-15H2,1-9H3,(H,28,34)(H,29,31)/t18-,20?/m0/s1. The molecule has 2 aromatic rings. The molecule has 3 rings (SSSR count). The van der Waals surface area contributed by atoms with Crippen LogP contribution in [0.3, 0.4) is 0 Å². The zero-order valence-corrected chi connectivity index (χ0v) is 24.0. The van der Waals surface area contributed by atoms with Crippen molar-refractivity contribution in [2.45, 2.75) is 92.6 Å². The molecular formula is C27H42N6O5. The second kappa shape index (κ2) is 12.0. The monoisotopic (exact) mass is 530 g/mol. The molecule has 2 amide bonds. The summed E-state index contributed by atoms with van der Waals surface area (Å²) in [5.74, 6) is 0.270. The Morgan fingerprint density at radius 3 is 2.50 bits per heavy atom. The van der Waals surface area contributed by atoms with Crippen LogP contribution in [0, 0.1) is 13.8 Å². The summed E-state index contributed by atoms with van der Waals surface area (Å²) in [5.41, 5.74) is 3.62. The summed E-state index contributed by atoms with van der Waals surface area (Å²) in [5, 5.41) is 14.1. The molecule has 2 atom stereocenters. The van der Waals surface area contributed by atoms with E-state index in [1.165, 1.54) is 5.56 Å². The van der Waals surface area contributed by atoms with Crippen LogP contribution in [-0.2, 0) is 16.0 Å². The maximum Gasteiger partial charge on any atom is 0.410 e. The average molecular weight is 531 g/mol. The molecule has 11 heteroatoms. The summed E-state index contributed by atoms with van der Waals surface area (Å²) in [4.78, 5) is 28.6. The van der Waals surface area contributed by atoms with E-state index in [1.807, 2.05) is 26.8 Å². The summed E-state index contributed by atoms with van der Waals surface area (Å²) >= 11 is 0.